The van der Waals surface area contributed by atoms with Gasteiger partial charge >= 0.3 is 0 Å². The van der Waals surface area contributed by atoms with Gasteiger partial charge in [-0.25, -0.2) is 0 Å². The molecule has 1 heterocycles. The summed E-state index contributed by atoms with van der Waals surface area (Å²) in [4.78, 5) is 0.806. The molecule has 0 aromatic carbocycles. The van der Waals surface area contributed by atoms with Gasteiger partial charge in [0.25, 0.3) is 0 Å². The summed E-state index contributed by atoms with van der Waals surface area (Å²) in [6, 6.07) is 0. The Morgan fingerprint density at radius 1 is 1.50 bits per heavy atom. The lowest BCUT2D eigenvalue weighted by atomic mass is 10.0. The van der Waals surface area contributed by atoms with Crippen LogP contribution >= 0.6 is 24.4 Å². The second-order valence-corrected chi connectivity index (χ2v) is 3.41. The van der Waals surface area contributed by atoms with Gasteiger partial charge in [0.2, 0.25) is 0 Å². The van der Waals surface area contributed by atoms with Gasteiger partial charge in [-0.05, 0) is 25.6 Å². The number of nitrogens with one attached hydrogen (secondary N) is 2. The summed E-state index contributed by atoms with van der Waals surface area (Å²) in [6.07, 6.45) is 0.957. The third-order valence-corrected chi connectivity index (χ3v) is 2.58. The van der Waals surface area contributed by atoms with Crippen LogP contribution in [-0.4, -0.2) is 15.6 Å². The maximum Gasteiger partial charge on any atom is 0.171 e. The number of rotatable bonds is 1. The molecule has 2 nitrogen and oxygen atoms in total. The van der Waals surface area contributed by atoms with E-state index in [4.69, 9.17) is 24.4 Å². The summed E-state index contributed by atoms with van der Waals surface area (Å²) in [6.45, 7) is 4.12. The monoisotopic (exact) mass is 174 g/mol. The standard InChI is InChI=1S/C6H10N2S2/c1-3-6(2)4(9)7-5(10)8-6/h3H2,1-2H3,(H2,7,8,9,10). The first-order valence-corrected chi connectivity index (χ1v) is 4.04. The Kier molecular flexibility index (Phi) is 1.92. The highest BCUT2D eigenvalue weighted by molar-refractivity contribution is 7.82. The van der Waals surface area contributed by atoms with E-state index >= 15 is 0 Å². The lowest BCUT2D eigenvalue weighted by Crippen LogP contribution is -2.41. The van der Waals surface area contributed by atoms with Gasteiger partial charge in [0.1, 0.15) is 4.99 Å². The third-order valence-electron chi connectivity index (χ3n) is 1.82. The quantitative estimate of drug-likeness (QED) is 0.578. The normalized spacial score (nSPS) is 31.8. The molecule has 1 aliphatic heterocycles. The highest BCUT2D eigenvalue weighted by Crippen LogP contribution is 2.14. The maximum absolute atomic E-state index is 5.07. The molecule has 0 amide bonds. The van der Waals surface area contributed by atoms with Gasteiger partial charge in [-0.3, -0.25) is 0 Å². The average Bonchev–Trinajstić information content (AvgIpc) is 2.09. The molecule has 0 spiro atoms. The van der Waals surface area contributed by atoms with Crippen molar-refractivity contribution < 1.29 is 0 Å². The molecule has 1 aliphatic rings. The first-order chi connectivity index (χ1) is 4.58. The zero-order valence-electron chi connectivity index (χ0n) is 6.02. The van der Waals surface area contributed by atoms with Crippen LogP contribution in [0.2, 0.25) is 0 Å². The zero-order chi connectivity index (χ0) is 7.78. The summed E-state index contributed by atoms with van der Waals surface area (Å²) in [5.41, 5.74) is -0.105. The van der Waals surface area contributed by atoms with E-state index in [2.05, 4.69) is 17.6 Å². The zero-order valence-corrected chi connectivity index (χ0v) is 7.66. The Morgan fingerprint density at radius 2 is 2.10 bits per heavy atom. The van der Waals surface area contributed by atoms with Crippen LogP contribution in [0.25, 0.3) is 0 Å². The molecule has 1 rings (SSSR count). The number of hydrogen-bond acceptors (Lipinski definition) is 2. The van der Waals surface area contributed by atoms with Gasteiger partial charge in [-0.1, -0.05) is 19.1 Å². The van der Waals surface area contributed by atoms with Crippen molar-refractivity contribution in [2.75, 3.05) is 0 Å². The molecule has 1 atom stereocenters. The van der Waals surface area contributed by atoms with Crippen molar-refractivity contribution in [3.05, 3.63) is 0 Å². The number of hydrogen-bond donors (Lipinski definition) is 2. The Bertz CT molecular complexity index is 190. The molecule has 0 saturated carbocycles. The van der Waals surface area contributed by atoms with Crippen molar-refractivity contribution >= 4 is 34.5 Å². The van der Waals surface area contributed by atoms with Crippen LogP contribution in [0.3, 0.4) is 0 Å². The van der Waals surface area contributed by atoms with Crippen LogP contribution in [0.5, 0.6) is 0 Å². The van der Waals surface area contributed by atoms with Gasteiger partial charge in [0, 0.05) is 0 Å². The lowest BCUT2D eigenvalue weighted by molar-refractivity contribution is 0.562. The molecule has 1 unspecified atom stereocenters. The van der Waals surface area contributed by atoms with E-state index in [9.17, 15) is 0 Å². The molecule has 0 aromatic rings. The fraction of sp³-hybridized carbons (Fsp3) is 0.667. The van der Waals surface area contributed by atoms with Gasteiger partial charge in [-0.2, -0.15) is 0 Å². The van der Waals surface area contributed by atoms with Gasteiger partial charge in [0.15, 0.2) is 5.11 Å². The summed E-state index contributed by atoms with van der Waals surface area (Å²) in [5, 5.41) is 6.67. The topological polar surface area (TPSA) is 24.1 Å². The minimum atomic E-state index is -0.105. The fourth-order valence-corrected chi connectivity index (χ4v) is 1.52. The Hall–Kier alpha value is -0.220. The molecule has 0 bridgehead atoms. The minimum Gasteiger partial charge on any atom is -0.351 e. The van der Waals surface area contributed by atoms with Crippen LogP contribution in [0, 0.1) is 0 Å². The van der Waals surface area contributed by atoms with Gasteiger partial charge < -0.3 is 10.6 Å². The van der Waals surface area contributed by atoms with Crippen molar-refractivity contribution in [1.29, 1.82) is 0 Å². The van der Waals surface area contributed by atoms with Crippen LogP contribution in [0.1, 0.15) is 20.3 Å². The molecule has 4 heteroatoms. The van der Waals surface area contributed by atoms with E-state index < -0.39 is 0 Å². The van der Waals surface area contributed by atoms with Crippen molar-refractivity contribution in [2.45, 2.75) is 25.8 Å². The van der Waals surface area contributed by atoms with E-state index in [-0.39, 0.29) is 5.54 Å². The van der Waals surface area contributed by atoms with E-state index in [1.54, 1.807) is 0 Å². The van der Waals surface area contributed by atoms with Crippen molar-refractivity contribution in [3.8, 4) is 0 Å². The van der Waals surface area contributed by atoms with Crippen LogP contribution in [0.15, 0.2) is 0 Å². The van der Waals surface area contributed by atoms with E-state index in [0.29, 0.717) is 5.11 Å². The average molecular weight is 174 g/mol. The summed E-state index contributed by atoms with van der Waals surface area (Å²) >= 11 is 9.97. The Balaban J connectivity index is 2.80. The highest BCUT2D eigenvalue weighted by Gasteiger charge is 2.34. The largest absolute Gasteiger partial charge is 0.351 e. The molecule has 1 saturated heterocycles. The minimum absolute atomic E-state index is 0.105. The second kappa shape index (κ2) is 2.43. The first kappa shape index (κ1) is 7.88. The molecule has 0 radical (unpaired) electrons. The third kappa shape index (κ3) is 1.13. The predicted octanol–water partition coefficient (Wildman–Crippen LogP) is 0.960. The summed E-state index contributed by atoms with van der Waals surface area (Å²) < 4.78 is 0. The molecule has 10 heavy (non-hydrogen) atoms. The van der Waals surface area contributed by atoms with Gasteiger partial charge in [0.05, 0.1) is 5.54 Å². The van der Waals surface area contributed by atoms with E-state index in [1.165, 1.54) is 0 Å². The molecule has 0 aromatic heterocycles. The molecule has 1 fully saturated rings. The van der Waals surface area contributed by atoms with Crippen molar-refractivity contribution in [3.63, 3.8) is 0 Å². The highest BCUT2D eigenvalue weighted by atomic mass is 32.1. The molecule has 0 aliphatic carbocycles. The van der Waals surface area contributed by atoms with Crippen LogP contribution < -0.4 is 10.6 Å². The second-order valence-electron chi connectivity index (χ2n) is 2.59. The van der Waals surface area contributed by atoms with Crippen molar-refractivity contribution in [1.82, 2.24) is 10.6 Å². The van der Waals surface area contributed by atoms with Crippen LogP contribution in [-0.2, 0) is 0 Å². The van der Waals surface area contributed by atoms with Crippen molar-refractivity contribution in [2.24, 2.45) is 0 Å². The van der Waals surface area contributed by atoms with E-state index in [1.807, 2.05) is 6.92 Å². The molecular formula is C6H10N2S2. The van der Waals surface area contributed by atoms with E-state index in [0.717, 1.165) is 11.4 Å². The lowest BCUT2D eigenvalue weighted by Gasteiger charge is -2.20. The molecule has 56 valence electrons. The SMILES string of the molecule is CCC1(C)NC(=S)NC1=S. The number of thiocarbonyl (C=S) groups is 2. The summed E-state index contributed by atoms with van der Waals surface area (Å²) in [7, 11) is 0. The maximum atomic E-state index is 5.07. The Morgan fingerprint density at radius 3 is 2.30 bits per heavy atom. The summed E-state index contributed by atoms with van der Waals surface area (Å²) in [5.74, 6) is 0. The molecular weight excluding hydrogens is 164 g/mol. The van der Waals surface area contributed by atoms with Gasteiger partial charge in [-0.15, -0.1) is 0 Å². The fourth-order valence-electron chi connectivity index (χ4n) is 0.829. The first-order valence-electron chi connectivity index (χ1n) is 3.22. The van der Waals surface area contributed by atoms with Crippen LogP contribution in [0.4, 0.5) is 0 Å². The molecule has 2 N–H and O–H groups in total. The smallest absolute Gasteiger partial charge is 0.171 e. The predicted molar refractivity (Wildman–Crippen MR) is 50.2 cm³/mol. The Labute approximate surface area is 71.4 Å².